The van der Waals surface area contributed by atoms with Crippen LogP contribution in [0.2, 0.25) is 0 Å². The minimum Gasteiger partial charge on any atom is -0.439 e. The fraction of sp³-hybridized carbons (Fsp3) is 0.500. The number of piperazine rings is 1. The number of likely N-dealkylation sites (N-methyl/N-ethyl adjacent to an activating group) is 1. The van der Waals surface area contributed by atoms with Gasteiger partial charge in [0.1, 0.15) is 0 Å². The van der Waals surface area contributed by atoms with E-state index in [0.29, 0.717) is 13.1 Å². The molecule has 0 saturated carbocycles. The first-order valence-electron chi connectivity index (χ1n) is 9.42. The van der Waals surface area contributed by atoms with Crippen LogP contribution in [0.15, 0.2) is 40.9 Å². The van der Waals surface area contributed by atoms with Gasteiger partial charge < -0.3 is 9.32 Å². The average Bonchev–Trinajstić information content (AvgIpc) is 3.14. The predicted octanol–water partition coefficient (Wildman–Crippen LogP) is 2.33. The highest BCUT2D eigenvalue weighted by Gasteiger charge is 2.21. The first-order valence-corrected chi connectivity index (χ1v) is 9.42. The fourth-order valence-electron chi connectivity index (χ4n) is 3.28. The van der Waals surface area contributed by atoms with E-state index < -0.39 is 0 Å². The van der Waals surface area contributed by atoms with Gasteiger partial charge in [-0.1, -0.05) is 30.3 Å². The molecule has 0 unspecified atom stereocenters. The average molecular weight is 356 g/mol. The van der Waals surface area contributed by atoms with Crippen LogP contribution in [0.5, 0.6) is 0 Å². The third-order valence-electron chi connectivity index (χ3n) is 4.91. The largest absolute Gasteiger partial charge is 0.439 e. The Morgan fingerprint density at radius 2 is 1.73 bits per heavy atom. The molecule has 1 aliphatic heterocycles. The second kappa shape index (κ2) is 8.96. The van der Waals surface area contributed by atoms with Gasteiger partial charge in [0.05, 0.1) is 19.3 Å². The zero-order valence-electron chi connectivity index (χ0n) is 15.7. The van der Waals surface area contributed by atoms with E-state index >= 15 is 0 Å². The number of amides is 1. The van der Waals surface area contributed by atoms with E-state index in [0.717, 1.165) is 56.5 Å². The highest BCUT2D eigenvalue weighted by molar-refractivity contribution is 5.78. The van der Waals surface area contributed by atoms with E-state index in [4.69, 9.17) is 4.42 Å². The SMILES string of the molecule is CCN(CC)C(=O)CN1CCN(Cc2ncc(-c3ccccc3)o2)CC1. The van der Waals surface area contributed by atoms with Crippen LogP contribution in [-0.2, 0) is 11.3 Å². The van der Waals surface area contributed by atoms with E-state index in [2.05, 4.69) is 14.8 Å². The molecule has 0 radical (unpaired) electrons. The molecule has 6 nitrogen and oxygen atoms in total. The van der Waals surface area contributed by atoms with Crippen molar-refractivity contribution in [2.45, 2.75) is 20.4 Å². The number of aromatic nitrogens is 1. The lowest BCUT2D eigenvalue weighted by Gasteiger charge is -2.34. The summed E-state index contributed by atoms with van der Waals surface area (Å²) in [5.74, 6) is 1.78. The van der Waals surface area contributed by atoms with Crippen molar-refractivity contribution in [3.63, 3.8) is 0 Å². The zero-order chi connectivity index (χ0) is 18.4. The number of benzene rings is 1. The number of oxazole rings is 1. The summed E-state index contributed by atoms with van der Waals surface area (Å²) >= 11 is 0. The van der Waals surface area contributed by atoms with Gasteiger partial charge in [0.25, 0.3) is 0 Å². The Bertz CT molecular complexity index is 689. The van der Waals surface area contributed by atoms with Gasteiger partial charge in [-0.25, -0.2) is 4.98 Å². The van der Waals surface area contributed by atoms with Crippen molar-refractivity contribution in [1.29, 1.82) is 0 Å². The van der Waals surface area contributed by atoms with E-state index in [-0.39, 0.29) is 5.91 Å². The van der Waals surface area contributed by atoms with Gasteiger partial charge in [-0.15, -0.1) is 0 Å². The summed E-state index contributed by atoms with van der Waals surface area (Å²) < 4.78 is 5.90. The Balaban J connectivity index is 1.47. The second-order valence-electron chi connectivity index (χ2n) is 6.60. The van der Waals surface area contributed by atoms with Gasteiger partial charge in [-0.2, -0.15) is 0 Å². The molecule has 1 aliphatic rings. The van der Waals surface area contributed by atoms with Crippen molar-refractivity contribution in [2.24, 2.45) is 0 Å². The fourth-order valence-corrected chi connectivity index (χ4v) is 3.28. The molecule has 1 saturated heterocycles. The van der Waals surface area contributed by atoms with Crippen LogP contribution in [0.1, 0.15) is 19.7 Å². The molecule has 0 N–H and O–H groups in total. The second-order valence-corrected chi connectivity index (χ2v) is 6.60. The lowest BCUT2D eigenvalue weighted by molar-refractivity contribution is -0.132. The third kappa shape index (κ3) is 4.71. The van der Waals surface area contributed by atoms with Crippen LogP contribution in [-0.4, -0.2) is 71.4 Å². The van der Waals surface area contributed by atoms with Gasteiger partial charge in [0, 0.05) is 44.8 Å². The Kier molecular flexibility index (Phi) is 6.41. The summed E-state index contributed by atoms with van der Waals surface area (Å²) in [4.78, 5) is 23.1. The lowest BCUT2D eigenvalue weighted by Crippen LogP contribution is -2.49. The van der Waals surface area contributed by atoms with Gasteiger partial charge in [0.15, 0.2) is 5.76 Å². The first-order chi connectivity index (χ1) is 12.7. The molecular formula is C20H28N4O2. The van der Waals surface area contributed by atoms with Gasteiger partial charge in [-0.05, 0) is 13.8 Å². The minimum absolute atomic E-state index is 0.226. The van der Waals surface area contributed by atoms with Crippen molar-refractivity contribution in [3.8, 4) is 11.3 Å². The monoisotopic (exact) mass is 356 g/mol. The molecule has 0 bridgehead atoms. The molecule has 2 aromatic rings. The smallest absolute Gasteiger partial charge is 0.236 e. The number of carbonyl (C=O) groups excluding carboxylic acids is 1. The van der Waals surface area contributed by atoms with Gasteiger partial charge >= 0.3 is 0 Å². The number of nitrogens with zero attached hydrogens (tertiary/aromatic N) is 4. The van der Waals surface area contributed by atoms with Crippen LogP contribution < -0.4 is 0 Å². The van der Waals surface area contributed by atoms with E-state index in [9.17, 15) is 4.79 Å². The van der Waals surface area contributed by atoms with E-state index in [1.54, 1.807) is 6.20 Å². The molecular weight excluding hydrogens is 328 g/mol. The summed E-state index contributed by atoms with van der Waals surface area (Å²) in [7, 11) is 0. The van der Waals surface area contributed by atoms with Crippen LogP contribution in [0.25, 0.3) is 11.3 Å². The topological polar surface area (TPSA) is 52.8 Å². The molecule has 1 aromatic carbocycles. The molecule has 3 rings (SSSR count). The zero-order valence-corrected chi connectivity index (χ0v) is 15.7. The van der Waals surface area contributed by atoms with Crippen molar-refractivity contribution in [2.75, 3.05) is 45.8 Å². The molecule has 1 fully saturated rings. The molecule has 1 amide bonds. The number of hydrogen-bond donors (Lipinski definition) is 0. The summed E-state index contributed by atoms with van der Waals surface area (Å²) in [5.41, 5.74) is 1.05. The van der Waals surface area contributed by atoms with Gasteiger partial charge in [0.2, 0.25) is 11.8 Å². The minimum atomic E-state index is 0.226. The summed E-state index contributed by atoms with van der Waals surface area (Å²) in [6.45, 7) is 10.5. The Morgan fingerprint density at radius 1 is 1.08 bits per heavy atom. The van der Waals surface area contributed by atoms with E-state index in [1.165, 1.54) is 0 Å². The summed E-state index contributed by atoms with van der Waals surface area (Å²) in [6.07, 6.45) is 1.80. The van der Waals surface area contributed by atoms with Crippen molar-refractivity contribution in [3.05, 3.63) is 42.4 Å². The Hall–Kier alpha value is -2.18. The van der Waals surface area contributed by atoms with Crippen LogP contribution in [0.3, 0.4) is 0 Å². The number of carbonyl (C=O) groups is 1. The maximum Gasteiger partial charge on any atom is 0.236 e. The number of rotatable bonds is 7. The Labute approximate surface area is 155 Å². The maximum atomic E-state index is 12.2. The van der Waals surface area contributed by atoms with Crippen LogP contribution >= 0.6 is 0 Å². The standard InChI is InChI=1S/C20H28N4O2/c1-3-24(4-2)20(25)16-23-12-10-22(11-13-23)15-19-21-14-18(26-19)17-8-6-5-7-9-17/h5-9,14H,3-4,10-13,15-16H2,1-2H3. The highest BCUT2D eigenvalue weighted by atomic mass is 16.4. The highest BCUT2D eigenvalue weighted by Crippen LogP contribution is 2.20. The molecule has 2 heterocycles. The normalized spacial score (nSPS) is 15.9. The quantitative estimate of drug-likeness (QED) is 0.762. The molecule has 26 heavy (non-hydrogen) atoms. The molecule has 0 spiro atoms. The maximum absolute atomic E-state index is 12.2. The molecule has 0 atom stereocenters. The van der Waals surface area contributed by atoms with E-state index in [1.807, 2.05) is 49.1 Å². The molecule has 140 valence electrons. The van der Waals surface area contributed by atoms with Crippen molar-refractivity contribution < 1.29 is 9.21 Å². The molecule has 1 aromatic heterocycles. The number of hydrogen-bond acceptors (Lipinski definition) is 5. The molecule has 0 aliphatic carbocycles. The third-order valence-corrected chi connectivity index (χ3v) is 4.91. The first kappa shape index (κ1) is 18.6. The Morgan fingerprint density at radius 3 is 2.38 bits per heavy atom. The summed E-state index contributed by atoms with van der Waals surface area (Å²) in [5, 5.41) is 0. The predicted molar refractivity (Wildman–Crippen MR) is 102 cm³/mol. The van der Waals surface area contributed by atoms with Crippen LogP contribution in [0.4, 0.5) is 0 Å². The lowest BCUT2D eigenvalue weighted by atomic mass is 10.2. The van der Waals surface area contributed by atoms with Crippen LogP contribution in [0, 0.1) is 0 Å². The van der Waals surface area contributed by atoms with Crippen molar-refractivity contribution in [1.82, 2.24) is 19.7 Å². The summed E-state index contributed by atoms with van der Waals surface area (Å²) in [6, 6.07) is 10.0. The molecule has 6 heteroatoms. The van der Waals surface area contributed by atoms with Crippen molar-refractivity contribution >= 4 is 5.91 Å². The van der Waals surface area contributed by atoms with Gasteiger partial charge in [-0.3, -0.25) is 14.6 Å².